The second kappa shape index (κ2) is 3.53. The lowest BCUT2D eigenvalue weighted by Gasteiger charge is -2.04. The van der Waals surface area contributed by atoms with Gasteiger partial charge in [0.25, 0.3) is 0 Å². The highest BCUT2D eigenvalue weighted by atomic mass is 35.5. The van der Waals surface area contributed by atoms with Crippen molar-refractivity contribution < 1.29 is 7.48 Å². The van der Waals surface area contributed by atoms with Gasteiger partial charge in [0, 0.05) is 5.02 Å². The van der Waals surface area contributed by atoms with E-state index in [0.717, 1.165) is 0 Å². The van der Waals surface area contributed by atoms with Crippen LogP contribution in [0.5, 0.6) is 5.75 Å². The fraction of sp³-hybridized carbons (Fsp3) is 0.143. The first-order valence-corrected chi connectivity index (χ1v) is 3.81. The molecule has 0 bridgehead atoms. The molecule has 0 unspecified atom stereocenters. The van der Waals surface area contributed by atoms with Gasteiger partial charge in [0.05, 0.1) is 19.9 Å². The van der Waals surface area contributed by atoms with Crippen LogP contribution in [-0.2, 0) is 0 Å². The summed E-state index contributed by atoms with van der Waals surface area (Å²) in [7, 11) is 1.36. The molecule has 0 spiro atoms. The van der Waals surface area contributed by atoms with E-state index < -0.39 is 0 Å². The molecule has 1 aromatic carbocycles. The predicted molar refractivity (Wildman–Crippen MR) is 48.0 cm³/mol. The van der Waals surface area contributed by atoms with Crippen LogP contribution in [-0.4, -0.2) is 7.11 Å². The van der Waals surface area contributed by atoms with E-state index in [9.17, 15) is 0 Å². The van der Waals surface area contributed by atoms with E-state index in [-0.39, 0.29) is 32.9 Å². The van der Waals surface area contributed by atoms with Gasteiger partial charge in [-0.05, 0) is 12.1 Å². The molecule has 0 amide bonds. The minimum Gasteiger partial charge on any atom is -0.494 e. The van der Waals surface area contributed by atoms with Crippen LogP contribution in [0.1, 0.15) is 2.74 Å². The molecule has 1 nitrogen and oxygen atoms in total. The number of hydrogen-bond donors (Lipinski definition) is 0. The first-order valence-electron chi connectivity index (χ1n) is 3.68. The molecule has 1 aromatic rings. The van der Waals surface area contributed by atoms with Crippen molar-refractivity contribution in [2.75, 3.05) is 7.11 Å². The molecule has 0 atom stereocenters. The van der Waals surface area contributed by atoms with Gasteiger partial charge in [0.2, 0.25) is 0 Å². The maximum Gasteiger partial charge on any atom is 0.156 e. The van der Waals surface area contributed by atoms with E-state index in [0.29, 0.717) is 0 Å². The average molecular weight is 213 g/mol. The Bertz CT molecular complexity index is 325. The third-order valence-corrected chi connectivity index (χ3v) is 1.76. The molecule has 0 heterocycles. The Labute approximate surface area is 82.6 Å². The second-order valence-corrected chi connectivity index (χ2v) is 2.86. The number of rotatable bonds is 1. The minimum absolute atomic E-state index is 0.0218. The van der Waals surface area contributed by atoms with Crippen LogP contribution in [0.15, 0.2) is 12.1 Å². The quantitative estimate of drug-likeness (QED) is 0.692. The average Bonchev–Trinajstić information content (AvgIpc) is 2.13. The molecule has 4 heteroatoms. The smallest absolute Gasteiger partial charge is 0.156 e. The number of benzene rings is 1. The van der Waals surface area contributed by atoms with E-state index >= 15 is 0 Å². The molecule has 0 aliphatic rings. The normalized spacial score (nSPS) is 12.4. The summed E-state index contributed by atoms with van der Waals surface area (Å²) in [6.07, 6.45) is 0. The van der Waals surface area contributed by atoms with Crippen molar-refractivity contribution in [3.05, 3.63) is 27.2 Å². The highest BCUT2D eigenvalue weighted by Gasteiger charge is 2.06. The number of ether oxygens (including phenoxy) is 1. The van der Waals surface area contributed by atoms with Crippen LogP contribution in [0.2, 0.25) is 15.1 Å². The number of halogens is 3. The van der Waals surface area contributed by atoms with Gasteiger partial charge in [-0.2, -0.15) is 0 Å². The Morgan fingerprint density at radius 1 is 1.27 bits per heavy atom. The summed E-state index contributed by atoms with van der Waals surface area (Å²) < 4.78 is 19.6. The summed E-state index contributed by atoms with van der Waals surface area (Å²) in [5.41, 5.74) is 0. The first-order chi connectivity index (χ1) is 6.00. The molecular formula is C7H5Cl3O. The largest absolute Gasteiger partial charge is 0.494 e. The molecule has 60 valence electrons. The van der Waals surface area contributed by atoms with E-state index in [1.165, 1.54) is 7.11 Å². The summed E-state index contributed by atoms with van der Waals surface area (Å²) in [6, 6.07) is -0.288. The van der Waals surface area contributed by atoms with E-state index in [2.05, 4.69) is 0 Å². The van der Waals surface area contributed by atoms with Crippen molar-refractivity contribution in [1.82, 2.24) is 0 Å². The minimum atomic E-state index is -0.144. The van der Waals surface area contributed by atoms with Crippen LogP contribution in [0.4, 0.5) is 0 Å². The van der Waals surface area contributed by atoms with E-state index in [1.54, 1.807) is 0 Å². The van der Waals surface area contributed by atoms with Crippen LogP contribution in [0.3, 0.4) is 0 Å². The molecule has 0 saturated carbocycles. The molecular weight excluding hydrogens is 206 g/mol. The van der Waals surface area contributed by atoms with Gasteiger partial charge in [-0.15, -0.1) is 0 Å². The Morgan fingerprint density at radius 3 is 2.09 bits per heavy atom. The molecule has 0 aromatic heterocycles. The Kier molecular flexibility index (Phi) is 2.05. The van der Waals surface area contributed by atoms with Gasteiger partial charge in [-0.1, -0.05) is 34.8 Å². The van der Waals surface area contributed by atoms with Crippen molar-refractivity contribution in [2.24, 2.45) is 0 Å². The zero-order chi connectivity index (χ0) is 10.2. The summed E-state index contributed by atoms with van der Waals surface area (Å²) in [4.78, 5) is 0. The molecule has 0 radical (unpaired) electrons. The predicted octanol–water partition coefficient (Wildman–Crippen LogP) is 3.66. The monoisotopic (exact) mass is 212 g/mol. The summed E-state index contributed by atoms with van der Waals surface area (Å²) >= 11 is 17.0. The van der Waals surface area contributed by atoms with Gasteiger partial charge in [-0.3, -0.25) is 0 Å². The zero-order valence-corrected chi connectivity index (χ0v) is 7.81. The molecule has 0 saturated heterocycles. The van der Waals surface area contributed by atoms with Crippen molar-refractivity contribution >= 4 is 34.8 Å². The molecule has 0 fully saturated rings. The standard InChI is InChI=1S/C7H5Cl3O/c1-11-7-5(9)2-4(8)3-6(7)10/h2-3H,1H3/i2D,3D. The highest BCUT2D eigenvalue weighted by molar-refractivity contribution is 6.40. The molecule has 0 aliphatic carbocycles. The maximum atomic E-state index is 7.40. The topological polar surface area (TPSA) is 9.23 Å². The fourth-order valence-electron chi connectivity index (χ4n) is 0.613. The zero-order valence-electron chi connectivity index (χ0n) is 7.54. The summed E-state index contributed by atoms with van der Waals surface area (Å²) in [6.45, 7) is 0. The Morgan fingerprint density at radius 2 is 1.73 bits per heavy atom. The molecule has 11 heavy (non-hydrogen) atoms. The molecule has 0 aliphatic heterocycles. The van der Waals surface area contributed by atoms with Gasteiger partial charge in [-0.25, -0.2) is 0 Å². The number of hydrogen-bond acceptors (Lipinski definition) is 1. The third-order valence-electron chi connectivity index (χ3n) is 1.04. The Hall–Kier alpha value is -0.110. The van der Waals surface area contributed by atoms with Crippen LogP contribution in [0, 0.1) is 0 Å². The SMILES string of the molecule is [2H]c1c(Cl)c([2H])c(Cl)c(OC)c1Cl. The van der Waals surface area contributed by atoms with Gasteiger partial charge in [0.1, 0.15) is 0 Å². The van der Waals surface area contributed by atoms with Crippen LogP contribution < -0.4 is 4.74 Å². The summed E-state index contributed by atoms with van der Waals surface area (Å²) in [5, 5.41) is -0.0298. The fourth-order valence-corrected chi connectivity index (χ4v) is 1.48. The molecule has 0 N–H and O–H groups in total. The van der Waals surface area contributed by atoms with Gasteiger partial charge < -0.3 is 4.74 Å². The lowest BCUT2D eigenvalue weighted by molar-refractivity contribution is 0.415. The van der Waals surface area contributed by atoms with Crippen molar-refractivity contribution in [3.63, 3.8) is 0 Å². The third kappa shape index (κ3) is 1.92. The molecule has 1 rings (SSSR count). The van der Waals surface area contributed by atoms with Crippen molar-refractivity contribution in [2.45, 2.75) is 0 Å². The second-order valence-electron chi connectivity index (χ2n) is 1.73. The van der Waals surface area contributed by atoms with Crippen molar-refractivity contribution in [3.8, 4) is 5.75 Å². The summed E-state index contributed by atoms with van der Waals surface area (Å²) in [5.74, 6) is 0.114. The van der Waals surface area contributed by atoms with Gasteiger partial charge in [0.15, 0.2) is 5.75 Å². The highest BCUT2D eigenvalue weighted by Crippen LogP contribution is 2.35. The van der Waals surface area contributed by atoms with Crippen molar-refractivity contribution in [1.29, 1.82) is 0 Å². The lowest BCUT2D eigenvalue weighted by atomic mass is 10.3. The number of methoxy groups -OCH3 is 1. The first kappa shape index (κ1) is 6.41. The van der Waals surface area contributed by atoms with Crippen LogP contribution >= 0.6 is 34.8 Å². The van der Waals surface area contributed by atoms with E-state index in [1.807, 2.05) is 0 Å². The Balaban J connectivity index is 3.56. The van der Waals surface area contributed by atoms with E-state index in [4.69, 9.17) is 42.3 Å². The van der Waals surface area contributed by atoms with Crippen LogP contribution in [0.25, 0.3) is 0 Å². The maximum absolute atomic E-state index is 7.40. The lowest BCUT2D eigenvalue weighted by Crippen LogP contribution is -1.84. The van der Waals surface area contributed by atoms with Gasteiger partial charge >= 0.3 is 0 Å².